The van der Waals surface area contributed by atoms with Gasteiger partial charge in [0.1, 0.15) is 22.5 Å². The minimum atomic E-state index is -0.506. The van der Waals surface area contributed by atoms with Gasteiger partial charge in [0.15, 0.2) is 0 Å². The minimum absolute atomic E-state index is 0.0161. The number of aryl methyl sites for hydroxylation is 1. The molecule has 130 valence electrons. The summed E-state index contributed by atoms with van der Waals surface area (Å²) in [5.41, 5.74) is 9.09. The lowest BCUT2D eigenvalue weighted by Crippen LogP contribution is -2.21. The molecule has 0 saturated heterocycles. The standard InChI is InChI=1S/C18H14ClN5O2/c1-8-14-15(12(7-20)17(21)26-18(14)24-23-8)11-5-9-3-4-10(25-2)6-13(9)22-16(11)19/h3-6,15H,21H2,1-2H3,(H,23,24)/t15-/m1/s1. The van der Waals surface area contributed by atoms with Crippen molar-refractivity contribution in [1.82, 2.24) is 15.2 Å². The van der Waals surface area contributed by atoms with Gasteiger partial charge < -0.3 is 15.2 Å². The van der Waals surface area contributed by atoms with E-state index in [2.05, 4.69) is 21.3 Å². The molecule has 3 aromatic rings. The lowest BCUT2D eigenvalue weighted by molar-refractivity contribution is 0.379. The third kappa shape index (κ3) is 2.35. The molecule has 0 radical (unpaired) electrons. The lowest BCUT2D eigenvalue weighted by atomic mass is 9.84. The number of methoxy groups -OCH3 is 1. The summed E-state index contributed by atoms with van der Waals surface area (Å²) in [4.78, 5) is 4.48. The predicted octanol–water partition coefficient (Wildman–Crippen LogP) is 3.15. The van der Waals surface area contributed by atoms with Crippen LogP contribution < -0.4 is 15.2 Å². The Morgan fingerprint density at radius 1 is 1.38 bits per heavy atom. The van der Waals surface area contributed by atoms with Gasteiger partial charge in [-0.05, 0) is 25.1 Å². The fraction of sp³-hybridized carbons (Fsp3) is 0.167. The average molecular weight is 368 g/mol. The fourth-order valence-corrected chi connectivity index (χ4v) is 3.43. The maximum atomic E-state index is 9.64. The first-order valence-electron chi connectivity index (χ1n) is 7.80. The molecule has 7 nitrogen and oxygen atoms in total. The Balaban J connectivity index is 1.97. The second kappa shape index (κ2) is 5.93. The average Bonchev–Trinajstić information content (AvgIpc) is 3.00. The highest BCUT2D eigenvalue weighted by molar-refractivity contribution is 6.30. The zero-order valence-corrected chi connectivity index (χ0v) is 14.8. The first-order valence-corrected chi connectivity index (χ1v) is 8.18. The summed E-state index contributed by atoms with van der Waals surface area (Å²) in [7, 11) is 1.59. The van der Waals surface area contributed by atoms with Crippen LogP contribution in [0.15, 0.2) is 35.7 Å². The summed E-state index contributed by atoms with van der Waals surface area (Å²) in [5, 5.41) is 17.8. The molecule has 0 bridgehead atoms. The van der Waals surface area contributed by atoms with Gasteiger partial charge >= 0.3 is 0 Å². The number of benzene rings is 1. The Hall–Kier alpha value is -3.24. The van der Waals surface area contributed by atoms with E-state index in [1.165, 1.54) is 0 Å². The maximum absolute atomic E-state index is 9.64. The summed E-state index contributed by atoms with van der Waals surface area (Å²) in [6, 6.07) is 9.58. The molecule has 1 aromatic carbocycles. The number of hydrogen-bond acceptors (Lipinski definition) is 6. The van der Waals surface area contributed by atoms with Gasteiger partial charge in [-0.1, -0.05) is 11.6 Å². The van der Waals surface area contributed by atoms with Crippen LogP contribution in [0.5, 0.6) is 11.6 Å². The van der Waals surface area contributed by atoms with Crippen LogP contribution in [0.2, 0.25) is 5.15 Å². The van der Waals surface area contributed by atoms with Crippen molar-refractivity contribution in [3.8, 4) is 17.7 Å². The van der Waals surface area contributed by atoms with E-state index < -0.39 is 5.92 Å². The van der Waals surface area contributed by atoms with Crippen LogP contribution in [0.25, 0.3) is 10.9 Å². The SMILES string of the molecule is COc1ccc2cc([C@@H]3C(C#N)=C(N)Oc4n[nH]c(C)c43)c(Cl)nc2c1. The first kappa shape index (κ1) is 16.2. The maximum Gasteiger partial charge on any atom is 0.244 e. The van der Waals surface area contributed by atoms with Gasteiger partial charge in [0.2, 0.25) is 11.8 Å². The summed E-state index contributed by atoms with van der Waals surface area (Å²) in [6.45, 7) is 1.85. The normalized spacial score (nSPS) is 16.2. The first-order chi connectivity index (χ1) is 12.5. The number of nitriles is 1. The number of aromatic nitrogens is 3. The summed E-state index contributed by atoms with van der Waals surface area (Å²) < 4.78 is 10.7. The molecular weight excluding hydrogens is 354 g/mol. The molecule has 1 atom stereocenters. The molecule has 0 spiro atoms. The molecule has 0 amide bonds. The fourth-order valence-electron chi connectivity index (χ4n) is 3.18. The van der Waals surface area contributed by atoms with Crippen molar-refractivity contribution in [3.63, 3.8) is 0 Å². The van der Waals surface area contributed by atoms with Gasteiger partial charge in [-0.15, -0.1) is 5.10 Å². The molecule has 8 heteroatoms. The van der Waals surface area contributed by atoms with Gasteiger partial charge in [-0.25, -0.2) is 4.98 Å². The number of rotatable bonds is 2. The number of pyridine rings is 1. The van der Waals surface area contributed by atoms with Crippen molar-refractivity contribution in [1.29, 1.82) is 5.26 Å². The van der Waals surface area contributed by atoms with Crippen LogP contribution in [0.1, 0.15) is 22.7 Å². The molecule has 0 fully saturated rings. The van der Waals surface area contributed by atoms with E-state index in [1.807, 2.05) is 25.1 Å². The molecular formula is C18H14ClN5O2. The zero-order chi connectivity index (χ0) is 18.4. The number of fused-ring (bicyclic) bond motifs is 2. The smallest absolute Gasteiger partial charge is 0.244 e. The largest absolute Gasteiger partial charge is 0.497 e. The van der Waals surface area contributed by atoms with Crippen LogP contribution in [0.4, 0.5) is 0 Å². The minimum Gasteiger partial charge on any atom is -0.497 e. The molecule has 1 aliphatic rings. The number of halogens is 1. The van der Waals surface area contributed by atoms with E-state index in [-0.39, 0.29) is 16.6 Å². The van der Waals surface area contributed by atoms with E-state index in [9.17, 15) is 5.26 Å². The van der Waals surface area contributed by atoms with Crippen LogP contribution in [-0.2, 0) is 0 Å². The second-order valence-corrected chi connectivity index (χ2v) is 6.28. The quantitative estimate of drug-likeness (QED) is 0.673. The van der Waals surface area contributed by atoms with E-state index in [0.29, 0.717) is 22.7 Å². The summed E-state index contributed by atoms with van der Waals surface area (Å²) in [5.74, 6) is 0.543. The number of H-pyrrole nitrogens is 1. The third-order valence-corrected chi connectivity index (χ3v) is 4.75. The summed E-state index contributed by atoms with van der Waals surface area (Å²) in [6.07, 6.45) is 0. The van der Waals surface area contributed by atoms with Crippen molar-refractivity contribution < 1.29 is 9.47 Å². The predicted molar refractivity (Wildman–Crippen MR) is 95.9 cm³/mol. The van der Waals surface area contributed by atoms with Crippen LogP contribution in [-0.4, -0.2) is 22.3 Å². The van der Waals surface area contributed by atoms with E-state index in [4.69, 9.17) is 26.8 Å². The molecule has 4 rings (SSSR count). The Morgan fingerprint density at radius 3 is 2.92 bits per heavy atom. The monoisotopic (exact) mass is 367 g/mol. The highest BCUT2D eigenvalue weighted by Crippen LogP contribution is 2.44. The highest BCUT2D eigenvalue weighted by atomic mass is 35.5. The van der Waals surface area contributed by atoms with Gasteiger partial charge in [0.25, 0.3) is 0 Å². The van der Waals surface area contributed by atoms with Crippen LogP contribution in [0.3, 0.4) is 0 Å². The van der Waals surface area contributed by atoms with Crippen LogP contribution in [0, 0.1) is 18.3 Å². The number of nitrogens with zero attached hydrogens (tertiary/aromatic N) is 3. The van der Waals surface area contributed by atoms with Gasteiger partial charge in [-0.3, -0.25) is 5.10 Å². The van der Waals surface area contributed by atoms with Crippen molar-refractivity contribution in [2.45, 2.75) is 12.8 Å². The Bertz CT molecular complexity index is 1110. The molecule has 0 saturated carbocycles. The van der Waals surface area contributed by atoms with E-state index >= 15 is 0 Å². The van der Waals surface area contributed by atoms with Crippen molar-refractivity contribution in [2.24, 2.45) is 5.73 Å². The van der Waals surface area contributed by atoms with Gasteiger partial charge in [0, 0.05) is 28.3 Å². The molecule has 2 aromatic heterocycles. The number of ether oxygens (including phenoxy) is 2. The van der Waals surface area contributed by atoms with E-state index in [1.54, 1.807) is 13.2 Å². The number of nitrogens with one attached hydrogen (secondary N) is 1. The van der Waals surface area contributed by atoms with Crippen molar-refractivity contribution >= 4 is 22.5 Å². The topological polar surface area (TPSA) is 110 Å². The molecule has 3 heterocycles. The van der Waals surface area contributed by atoms with Crippen molar-refractivity contribution in [2.75, 3.05) is 7.11 Å². The number of allylic oxidation sites excluding steroid dienone is 1. The molecule has 1 aliphatic heterocycles. The van der Waals surface area contributed by atoms with Crippen molar-refractivity contribution in [3.05, 3.63) is 57.7 Å². The molecule has 0 unspecified atom stereocenters. The molecule has 26 heavy (non-hydrogen) atoms. The van der Waals surface area contributed by atoms with E-state index in [0.717, 1.165) is 16.6 Å². The highest BCUT2D eigenvalue weighted by Gasteiger charge is 2.35. The Morgan fingerprint density at radius 2 is 2.19 bits per heavy atom. The molecule has 0 aliphatic carbocycles. The number of hydrogen-bond donors (Lipinski definition) is 2. The summed E-state index contributed by atoms with van der Waals surface area (Å²) >= 11 is 6.49. The number of nitrogens with two attached hydrogens (primary N) is 1. The molecule has 3 N–H and O–H groups in total. The van der Waals surface area contributed by atoms with Gasteiger partial charge in [0.05, 0.1) is 18.5 Å². The Kier molecular flexibility index (Phi) is 3.71. The lowest BCUT2D eigenvalue weighted by Gasteiger charge is -2.24. The van der Waals surface area contributed by atoms with Crippen LogP contribution >= 0.6 is 11.6 Å². The third-order valence-electron chi connectivity index (χ3n) is 4.45. The number of aromatic amines is 1. The second-order valence-electron chi connectivity index (χ2n) is 5.92. The Labute approximate surface area is 154 Å². The zero-order valence-electron chi connectivity index (χ0n) is 14.0. The van der Waals surface area contributed by atoms with Gasteiger partial charge in [-0.2, -0.15) is 5.26 Å².